The first-order valence-electron chi connectivity index (χ1n) is 4.64. The molecule has 16 heavy (non-hydrogen) atoms. The summed E-state index contributed by atoms with van der Waals surface area (Å²) in [6.45, 7) is 3.32. The second kappa shape index (κ2) is 5.06. The Morgan fingerprint density at radius 3 is 2.69 bits per heavy atom. The number of rotatable bonds is 4. The third kappa shape index (κ3) is 3.39. The molecule has 0 aliphatic heterocycles. The molecule has 0 unspecified atom stereocenters. The molecule has 0 heterocycles. The van der Waals surface area contributed by atoms with E-state index in [4.69, 9.17) is 21.4 Å². The Bertz CT molecular complexity index is 404. The monoisotopic (exact) mass is 306 g/mol. The van der Waals surface area contributed by atoms with E-state index in [1.807, 2.05) is 0 Å². The first kappa shape index (κ1) is 13.3. The molecule has 0 radical (unpaired) electrons. The van der Waals surface area contributed by atoms with Gasteiger partial charge in [-0.2, -0.15) is 0 Å². The molecule has 0 saturated carbocycles. The lowest BCUT2D eigenvalue weighted by atomic mass is 9.95. The minimum Gasteiger partial charge on any atom is -0.491 e. The molecule has 1 N–H and O–H groups in total. The van der Waals surface area contributed by atoms with Crippen LogP contribution in [0.2, 0.25) is 5.02 Å². The van der Waals surface area contributed by atoms with Crippen molar-refractivity contribution in [1.82, 2.24) is 0 Å². The van der Waals surface area contributed by atoms with Crippen molar-refractivity contribution in [1.29, 1.82) is 0 Å². The largest absolute Gasteiger partial charge is 0.491 e. The summed E-state index contributed by atoms with van der Waals surface area (Å²) in [6, 6.07) is 5.09. The minimum absolute atomic E-state index is 0.0998. The SMILES string of the molecule is CC(C)(COc1ccc(Cl)cc1Br)C(=O)O. The first-order valence-corrected chi connectivity index (χ1v) is 5.81. The highest BCUT2D eigenvalue weighted by Gasteiger charge is 2.28. The van der Waals surface area contributed by atoms with Crippen molar-refractivity contribution in [2.75, 3.05) is 6.61 Å². The van der Waals surface area contributed by atoms with Gasteiger partial charge in [0.1, 0.15) is 12.4 Å². The van der Waals surface area contributed by atoms with Gasteiger partial charge in [-0.3, -0.25) is 4.79 Å². The third-order valence-electron chi connectivity index (χ3n) is 2.06. The molecule has 3 nitrogen and oxygen atoms in total. The van der Waals surface area contributed by atoms with Crippen molar-refractivity contribution >= 4 is 33.5 Å². The van der Waals surface area contributed by atoms with Crippen LogP contribution in [0.4, 0.5) is 0 Å². The fraction of sp³-hybridized carbons (Fsp3) is 0.364. The highest BCUT2D eigenvalue weighted by molar-refractivity contribution is 9.10. The lowest BCUT2D eigenvalue weighted by Crippen LogP contribution is -2.30. The van der Waals surface area contributed by atoms with E-state index in [1.54, 1.807) is 32.0 Å². The van der Waals surface area contributed by atoms with Crippen LogP contribution >= 0.6 is 27.5 Å². The molecule has 0 aliphatic carbocycles. The molecule has 5 heteroatoms. The molecule has 1 aromatic carbocycles. The predicted octanol–water partition coefficient (Wildman–Crippen LogP) is 3.59. The van der Waals surface area contributed by atoms with Gasteiger partial charge in [-0.1, -0.05) is 11.6 Å². The Hall–Kier alpha value is -0.740. The maximum Gasteiger partial charge on any atom is 0.312 e. The Labute approximate surface area is 107 Å². The Morgan fingerprint density at radius 2 is 2.19 bits per heavy atom. The molecule has 0 bridgehead atoms. The number of benzene rings is 1. The van der Waals surface area contributed by atoms with Crippen LogP contribution in [0.5, 0.6) is 5.75 Å². The predicted molar refractivity (Wildman–Crippen MR) is 66.1 cm³/mol. The van der Waals surface area contributed by atoms with E-state index >= 15 is 0 Å². The molecular formula is C11H12BrClO3. The zero-order valence-electron chi connectivity index (χ0n) is 8.96. The van der Waals surface area contributed by atoms with Crippen molar-refractivity contribution in [2.45, 2.75) is 13.8 Å². The summed E-state index contributed by atoms with van der Waals surface area (Å²) in [5.74, 6) is -0.309. The molecule has 0 spiro atoms. The van der Waals surface area contributed by atoms with Crippen LogP contribution < -0.4 is 4.74 Å². The van der Waals surface area contributed by atoms with E-state index in [1.165, 1.54) is 0 Å². The van der Waals surface area contributed by atoms with Crippen LogP contribution in [0.15, 0.2) is 22.7 Å². The lowest BCUT2D eigenvalue weighted by molar-refractivity contribution is -0.148. The van der Waals surface area contributed by atoms with E-state index < -0.39 is 11.4 Å². The number of carboxylic acids is 1. The van der Waals surface area contributed by atoms with E-state index in [0.29, 0.717) is 15.2 Å². The molecular weight excluding hydrogens is 295 g/mol. The smallest absolute Gasteiger partial charge is 0.312 e. The van der Waals surface area contributed by atoms with E-state index in [0.717, 1.165) is 0 Å². The van der Waals surface area contributed by atoms with Crippen LogP contribution in [0.25, 0.3) is 0 Å². The number of hydrogen-bond acceptors (Lipinski definition) is 2. The quantitative estimate of drug-likeness (QED) is 0.924. The Kier molecular flexibility index (Phi) is 4.21. The summed E-state index contributed by atoms with van der Waals surface area (Å²) < 4.78 is 6.14. The molecule has 0 atom stereocenters. The molecule has 1 rings (SSSR count). The van der Waals surface area contributed by atoms with Gasteiger partial charge < -0.3 is 9.84 Å². The van der Waals surface area contributed by atoms with Crippen molar-refractivity contribution < 1.29 is 14.6 Å². The third-order valence-corrected chi connectivity index (χ3v) is 2.92. The fourth-order valence-electron chi connectivity index (χ4n) is 0.912. The molecule has 0 aromatic heterocycles. The average molecular weight is 308 g/mol. The molecule has 0 saturated heterocycles. The first-order chi connectivity index (χ1) is 7.33. The summed E-state index contributed by atoms with van der Waals surface area (Å²) in [5, 5.41) is 9.51. The molecule has 0 aliphatic rings. The summed E-state index contributed by atoms with van der Waals surface area (Å²) in [5.41, 5.74) is -0.918. The van der Waals surface area contributed by atoms with E-state index in [2.05, 4.69) is 15.9 Å². The number of ether oxygens (including phenoxy) is 1. The summed E-state index contributed by atoms with van der Waals surface area (Å²) >= 11 is 9.07. The highest BCUT2D eigenvalue weighted by Crippen LogP contribution is 2.29. The number of halogens is 2. The number of carboxylic acid groups (broad SMARTS) is 1. The van der Waals surface area contributed by atoms with Gasteiger partial charge in [-0.15, -0.1) is 0 Å². The van der Waals surface area contributed by atoms with Gasteiger partial charge in [-0.25, -0.2) is 0 Å². The van der Waals surface area contributed by atoms with Gasteiger partial charge >= 0.3 is 5.97 Å². The zero-order valence-corrected chi connectivity index (χ0v) is 11.3. The standard InChI is InChI=1S/C11H12BrClO3/c1-11(2,10(14)15)6-16-9-4-3-7(13)5-8(9)12/h3-5H,6H2,1-2H3,(H,14,15). The van der Waals surface area contributed by atoms with Crippen molar-refractivity contribution in [3.05, 3.63) is 27.7 Å². The van der Waals surface area contributed by atoms with Crippen molar-refractivity contribution in [3.63, 3.8) is 0 Å². The minimum atomic E-state index is -0.918. The number of hydrogen-bond donors (Lipinski definition) is 1. The maximum atomic E-state index is 10.9. The van der Waals surface area contributed by atoms with Crippen LogP contribution in [-0.4, -0.2) is 17.7 Å². The topological polar surface area (TPSA) is 46.5 Å². The van der Waals surface area contributed by atoms with Crippen LogP contribution in [0, 0.1) is 5.41 Å². The van der Waals surface area contributed by atoms with E-state index in [-0.39, 0.29) is 6.61 Å². The van der Waals surface area contributed by atoms with Gasteiger partial charge in [0.15, 0.2) is 0 Å². The number of carbonyl (C=O) groups is 1. The van der Waals surface area contributed by atoms with Crippen LogP contribution in [0.1, 0.15) is 13.8 Å². The average Bonchev–Trinajstić information content (AvgIpc) is 2.16. The second-order valence-corrected chi connectivity index (χ2v) is 5.34. The lowest BCUT2D eigenvalue weighted by Gasteiger charge is -2.20. The van der Waals surface area contributed by atoms with Crippen LogP contribution in [0.3, 0.4) is 0 Å². The molecule has 1 aromatic rings. The van der Waals surface area contributed by atoms with Gasteiger partial charge in [0.05, 0.1) is 9.89 Å². The second-order valence-electron chi connectivity index (χ2n) is 4.05. The van der Waals surface area contributed by atoms with Crippen LogP contribution in [-0.2, 0) is 4.79 Å². The molecule has 0 amide bonds. The van der Waals surface area contributed by atoms with Gasteiger partial charge in [0.2, 0.25) is 0 Å². The molecule has 0 fully saturated rings. The Balaban J connectivity index is 2.72. The Morgan fingerprint density at radius 1 is 1.56 bits per heavy atom. The van der Waals surface area contributed by atoms with Gasteiger partial charge in [-0.05, 0) is 48.0 Å². The zero-order chi connectivity index (χ0) is 12.3. The summed E-state index contributed by atoms with van der Waals surface area (Å²) in [6.07, 6.45) is 0. The van der Waals surface area contributed by atoms with Crippen molar-refractivity contribution in [3.8, 4) is 5.75 Å². The normalized spacial score (nSPS) is 11.2. The van der Waals surface area contributed by atoms with Gasteiger partial charge in [0, 0.05) is 5.02 Å². The maximum absolute atomic E-state index is 10.9. The summed E-state index contributed by atoms with van der Waals surface area (Å²) in [7, 11) is 0. The highest BCUT2D eigenvalue weighted by atomic mass is 79.9. The van der Waals surface area contributed by atoms with E-state index in [9.17, 15) is 4.79 Å². The summed E-state index contributed by atoms with van der Waals surface area (Å²) in [4.78, 5) is 10.9. The number of aliphatic carboxylic acids is 1. The van der Waals surface area contributed by atoms with Gasteiger partial charge in [0.25, 0.3) is 0 Å². The fourth-order valence-corrected chi connectivity index (χ4v) is 1.71. The molecule has 88 valence electrons. The van der Waals surface area contributed by atoms with Crippen molar-refractivity contribution in [2.24, 2.45) is 5.41 Å².